The minimum absolute atomic E-state index is 0.571. The van der Waals surface area contributed by atoms with Gasteiger partial charge >= 0.3 is 0 Å². The van der Waals surface area contributed by atoms with E-state index in [-0.39, 0.29) is 0 Å². The average Bonchev–Trinajstić information content (AvgIpc) is 2.52. The Balaban J connectivity index is 2.14. The van der Waals surface area contributed by atoms with Crippen LogP contribution in [-0.4, -0.2) is 0 Å². The lowest BCUT2D eigenvalue weighted by molar-refractivity contribution is -0.259. The molecule has 5 nitrogen and oxygen atoms in total. The minimum Gasteiger partial charge on any atom is -0.312 e. The Hall–Kier alpha value is -2.92. The topological polar surface area (TPSA) is 55.2 Å². The van der Waals surface area contributed by atoms with Crippen LogP contribution < -0.4 is 10.5 Å². The molecule has 0 unspecified atom stereocenters. The van der Waals surface area contributed by atoms with E-state index in [1.165, 1.54) is 6.20 Å². The molecule has 0 atom stereocenters. The van der Waals surface area contributed by atoms with E-state index in [0.29, 0.717) is 5.75 Å². The fourth-order valence-electron chi connectivity index (χ4n) is 1.46. The van der Waals surface area contributed by atoms with Gasteiger partial charge < -0.3 is 4.89 Å². The van der Waals surface area contributed by atoms with Crippen molar-refractivity contribution in [1.82, 2.24) is 5.59 Å². The predicted octanol–water partition coefficient (Wildman–Crippen LogP) is 4.08. The molecule has 1 heterocycles. The zero-order valence-electron chi connectivity index (χ0n) is 11.3. The summed E-state index contributed by atoms with van der Waals surface area (Å²) in [4.78, 5) is 9.88. The zero-order chi connectivity index (χ0) is 14.6. The second kappa shape index (κ2) is 9.06. The van der Waals surface area contributed by atoms with Gasteiger partial charge in [-0.05, 0) is 22.4 Å². The van der Waals surface area contributed by atoms with E-state index in [0.717, 1.165) is 5.56 Å². The normalized spacial score (nSPS) is 19.6. The highest BCUT2D eigenvalue weighted by Gasteiger charge is 1.99. The molecule has 0 saturated heterocycles. The maximum absolute atomic E-state index is 5.12. The second-order valence-electron chi connectivity index (χ2n) is 3.87. The number of rotatable bonds is 0. The van der Waals surface area contributed by atoms with Crippen LogP contribution in [0.3, 0.4) is 0 Å². The zero-order valence-corrected chi connectivity index (χ0v) is 11.3. The van der Waals surface area contributed by atoms with Gasteiger partial charge in [-0.2, -0.15) is 0 Å². The van der Waals surface area contributed by atoms with Crippen LogP contribution in [0, 0.1) is 0 Å². The molecule has 5 heteroatoms. The Morgan fingerprint density at radius 1 is 0.810 bits per heavy atom. The molecule has 2 rings (SSSR count). The van der Waals surface area contributed by atoms with Crippen LogP contribution in [0.25, 0.3) is 6.08 Å². The molecule has 106 valence electrons. The van der Waals surface area contributed by atoms with Crippen molar-refractivity contribution < 1.29 is 9.88 Å². The van der Waals surface area contributed by atoms with Crippen molar-refractivity contribution in [2.24, 2.45) is 10.3 Å². The first-order chi connectivity index (χ1) is 10.5. The van der Waals surface area contributed by atoms with Gasteiger partial charge in [-0.1, -0.05) is 66.8 Å². The van der Waals surface area contributed by atoms with E-state index in [2.05, 4.69) is 15.9 Å². The van der Waals surface area contributed by atoms with Gasteiger partial charge in [-0.3, -0.25) is 0 Å². The molecule has 21 heavy (non-hydrogen) atoms. The molecule has 1 aliphatic heterocycles. The third-order valence-electron chi connectivity index (χ3n) is 2.39. The van der Waals surface area contributed by atoms with Crippen LogP contribution in [0.15, 0.2) is 89.4 Å². The van der Waals surface area contributed by atoms with Crippen LogP contribution in [0.4, 0.5) is 0 Å². The smallest absolute Gasteiger partial charge is 0.175 e. The number of nitrogens with zero attached hydrogens (tertiary/aromatic N) is 2. The lowest BCUT2D eigenvalue weighted by atomic mass is 10.2. The maximum Gasteiger partial charge on any atom is 0.175 e. The molecule has 1 N–H and O–H groups in total. The van der Waals surface area contributed by atoms with Crippen molar-refractivity contribution in [3.63, 3.8) is 0 Å². The van der Waals surface area contributed by atoms with Crippen molar-refractivity contribution in [3.8, 4) is 5.75 Å². The largest absolute Gasteiger partial charge is 0.312 e. The molecule has 1 aromatic carbocycles. The van der Waals surface area contributed by atoms with Crippen molar-refractivity contribution in [1.29, 1.82) is 0 Å². The highest BCUT2D eigenvalue weighted by molar-refractivity contribution is 5.58. The molecule has 0 aliphatic carbocycles. The van der Waals surface area contributed by atoms with Crippen molar-refractivity contribution in [3.05, 3.63) is 84.6 Å². The quantitative estimate of drug-likeness (QED) is 0.729. The van der Waals surface area contributed by atoms with E-state index in [1.807, 2.05) is 66.8 Å². The van der Waals surface area contributed by atoms with Crippen molar-refractivity contribution in [2.75, 3.05) is 0 Å². The van der Waals surface area contributed by atoms with Crippen molar-refractivity contribution in [2.45, 2.75) is 0 Å². The summed E-state index contributed by atoms with van der Waals surface area (Å²) in [6, 6.07) is 7.48. The fourth-order valence-corrected chi connectivity index (χ4v) is 1.46. The van der Waals surface area contributed by atoms with Gasteiger partial charge in [0.15, 0.2) is 5.75 Å². The molecule has 0 aromatic heterocycles. The SMILES string of the molecule is C1=C/C=C\C=C/c2ccccc2OONN=N/C=C/C=C1. The molecule has 1 aliphatic rings. The molecular weight excluding hydrogens is 266 g/mol. The first-order valence-corrected chi connectivity index (χ1v) is 6.37. The average molecular weight is 281 g/mol. The van der Waals surface area contributed by atoms with Gasteiger partial charge in [0.2, 0.25) is 0 Å². The van der Waals surface area contributed by atoms with Crippen LogP contribution in [0.2, 0.25) is 0 Å². The van der Waals surface area contributed by atoms with E-state index in [1.54, 1.807) is 12.1 Å². The Labute approximate surface area is 123 Å². The molecule has 0 spiro atoms. The molecular formula is C16H15N3O2. The summed E-state index contributed by atoms with van der Waals surface area (Å²) >= 11 is 0. The van der Waals surface area contributed by atoms with Crippen molar-refractivity contribution >= 4 is 6.08 Å². The Kier molecular flexibility index (Phi) is 6.25. The molecule has 0 saturated carbocycles. The summed E-state index contributed by atoms with van der Waals surface area (Å²) in [7, 11) is 0. The Bertz CT molecular complexity index is 614. The number of hydrogen-bond acceptors (Lipinski definition) is 5. The molecule has 0 amide bonds. The molecule has 1 aromatic rings. The maximum atomic E-state index is 5.12. The molecule has 0 radical (unpaired) electrons. The van der Waals surface area contributed by atoms with Gasteiger partial charge in [0.25, 0.3) is 0 Å². The van der Waals surface area contributed by atoms with E-state index in [9.17, 15) is 0 Å². The standard InChI is InChI=1S/C16H15N3O2/c1-2-4-6-10-14-17-18-19-21-20-16-13-9-8-12-15(16)11-7-5-3-1/h1-14H,(H,17,19)/b2-1?,5-3-,6-4?,11-7-,14-10+. The van der Waals surface area contributed by atoms with Crippen LogP contribution in [-0.2, 0) is 4.99 Å². The summed E-state index contributed by atoms with van der Waals surface area (Å²) < 4.78 is 0. The third kappa shape index (κ3) is 5.71. The van der Waals surface area contributed by atoms with Crippen LogP contribution in [0.5, 0.6) is 5.75 Å². The lowest BCUT2D eigenvalue weighted by Crippen LogP contribution is -2.09. The highest BCUT2D eigenvalue weighted by Crippen LogP contribution is 2.19. The summed E-state index contributed by atoms with van der Waals surface area (Å²) in [5.74, 6) is 0.571. The van der Waals surface area contributed by atoms with Gasteiger partial charge in [-0.15, -0.1) is 10.7 Å². The van der Waals surface area contributed by atoms with E-state index < -0.39 is 0 Å². The number of hydrogen-bond donors (Lipinski definition) is 1. The van der Waals surface area contributed by atoms with E-state index in [4.69, 9.17) is 9.88 Å². The highest BCUT2D eigenvalue weighted by atomic mass is 17.3. The molecule has 0 fully saturated rings. The Morgan fingerprint density at radius 2 is 1.52 bits per heavy atom. The van der Waals surface area contributed by atoms with Gasteiger partial charge in [-0.25, -0.2) is 0 Å². The monoisotopic (exact) mass is 281 g/mol. The number of para-hydroxylation sites is 1. The predicted molar refractivity (Wildman–Crippen MR) is 81.7 cm³/mol. The van der Waals surface area contributed by atoms with Gasteiger partial charge in [0.1, 0.15) is 0 Å². The fraction of sp³-hybridized carbons (Fsp3) is 0. The summed E-state index contributed by atoms with van der Waals surface area (Å²) in [5, 5.41) is 7.25. The summed E-state index contributed by atoms with van der Waals surface area (Å²) in [5.41, 5.74) is 3.11. The minimum atomic E-state index is 0.571. The number of nitrogens with one attached hydrogen (secondary N) is 1. The van der Waals surface area contributed by atoms with Crippen LogP contribution in [0.1, 0.15) is 5.56 Å². The summed E-state index contributed by atoms with van der Waals surface area (Å²) in [6.45, 7) is 0. The number of fused-ring (bicyclic) bond motifs is 1. The third-order valence-corrected chi connectivity index (χ3v) is 2.39. The molecule has 0 bridgehead atoms. The van der Waals surface area contributed by atoms with Gasteiger partial charge in [0.05, 0.1) is 6.20 Å². The number of benzene rings is 1. The first kappa shape index (κ1) is 14.5. The van der Waals surface area contributed by atoms with E-state index >= 15 is 0 Å². The second-order valence-corrected chi connectivity index (χ2v) is 3.87. The van der Waals surface area contributed by atoms with Crippen LogP contribution >= 0.6 is 0 Å². The number of allylic oxidation sites excluding steroid dienone is 8. The van der Waals surface area contributed by atoms with Gasteiger partial charge in [0, 0.05) is 5.56 Å². The summed E-state index contributed by atoms with van der Waals surface area (Å²) in [6.07, 6.45) is 18.5. The lowest BCUT2D eigenvalue weighted by Gasteiger charge is -2.04. The Morgan fingerprint density at radius 3 is 2.38 bits per heavy atom. The first-order valence-electron chi connectivity index (χ1n) is 6.37.